The maximum atomic E-state index is 11.1. The Morgan fingerprint density at radius 3 is 3.00 bits per heavy atom. The molecule has 1 atom stereocenters. The van der Waals surface area contributed by atoms with Crippen LogP contribution < -0.4 is 0 Å². The smallest absolute Gasteiger partial charge is 0.134 e. The maximum Gasteiger partial charge on any atom is 0.134 e. The summed E-state index contributed by atoms with van der Waals surface area (Å²) in [4.78, 5) is 15.4. The van der Waals surface area contributed by atoms with Crippen molar-refractivity contribution in [3.63, 3.8) is 0 Å². The van der Waals surface area contributed by atoms with E-state index in [1.54, 1.807) is 0 Å². The lowest BCUT2D eigenvalue weighted by atomic mass is 9.85. The molecule has 3 nitrogen and oxygen atoms in total. The molecule has 1 aromatic rings. The highest BCUT2D eigenvalue weighted by Gasteiger charge is 2.37. The fourth-order valence-corrected chi connectivity index (χ4v) is 1.97. The zero-order valence-corrected chi connectivity index (χ0v) is 9.16. The van der Waals surface area contributed by atoms with Gasteiger partial charge in [-0.3, -0.25) is 0 Å². The Kier molecular flexibility index (Phi) is 2.65. The second-order valence-electron chi connectivity index (χ2n) is 3.42. The molecule has 1 aliphatic heterocycles. The minimum Gasteiger partial charge on any atom is -0.380 e. The van der Waals surface area contributed by atoms with Gasteiger partial charge in [0.25, 0.3) is 0 Å². The van der Waals surface area contributed by atoms with Gasteiger partial charge >= 0.3 is 0 Å². The molecule has 0 amide bonds. The summed E-state index contributed by atoms with van der Waals surface area (Å²) >= 11 is 3.29. The highest BCUT2D eigenvalue weighted by Crippen LogP contribution is 2.30. The molecule has 0 aromatic carbocycles. The first-order chi connectivity index (χ1) is 6.77. The van der Waals surface area contributed by atoms with Crippen molar-refractivity contribution < 1.29 is 9.53 Å². The number of hydrogen-bond acceptors (Lipinski definition) is 3. The van der Waals surface area contributed by atoms with E-state index in [0.29, 0.717) is 13.2 Å². The molecule has 1 aliphatic rings. The molecule has 0 aliphatic carbocycles. The number of rotatable bonds is 2. The number of hydrogen-bond donors (Lipinski definition) is 0. The van der Waals surface area contributed by atoms with Gasteiger partial charge in [-0.25, -0.2) is 4.98 Å². The molecule has 0 bridgehead atoms. The SMILES string of the molecule is O=CC1(c2cccc(Br)n2)CCOC1. The Balaban J connectivity index is 2.40. The normalized spacial score (nSPS) is 26.4. The van der Waals surface area contributed by atoms with E-state index in [-0.39, 0.29) is 0 Å². The van der Waals surface area contributed by atoms with Crippen molar-refractivity contribution in [2.45, 2.75) is 11.8 Å². The zero-order chi connectivity index (χ0) is 10.0. The van der Waals surface area contributed by atoms with E-state index in [9.17, 15) is 4.79 Å². The van der Waals surface area contributed by atoms with E-state index < -0.39 is 5.41 Å². The average Bonchev–Trinajstić information content (AvgIpc) is 2.67. The quantitative estimate of drug-likeness (QED) is 0.597. The van der Waals surface area contributed by atoms with Crippen LogP contribution >= 0.6 is 15.9 Å². The summed E-state index contributed by atoms with van der Waals surface area (Å²) in [6.07, 6.45) is 1.68. The molecule has 2 rings (SSSR count). The van der Waals surface area contributed by atoms with Gasteiger partial charge in [0.2, 0.25) is 0 Å². The fourth-order valence-electron chi connectivity index (χ4n) is 1.62. The highest BCUT2D eigenvalue weighted by atomic mass is 79.9. The fraction of sp³-hybridized carbons (Fsp3) is 0.400. The largest absolute Gasteiger partial charge is 0.380 e. The third-order valence-corrected chi connectivity index (χ3v) is 2.94. The predicted octanol–water partition coefficient (Wildman–Crippen LogP) is 1.70. The van der Waals surface area contributed by atoms with Crippen LogP contribution in [-0.4, -0.2) is 24.5 Å². The summed E-state index contributed by atoms with van der Waals surface area (Å²) < 4.78 is 6.01. The van der Waals surface area contributed by atoms with Crippen molar-refractivity contribution in [2.75, 3.05) is 13.2 Å². The van der Waals surface area contributed by atoms with E-state index >= 15 is 0 Å². The van der Waals surface area contributed by atoms with E-state index in [0.717, 1.165) is 23.0 Å². The Bertz CT molecular complexity index is 348. The Morgan fingerprint density at radius 1 is 1.57 bits per heavy atom. The van der Waals surface area contributed by atoms with Crippen LogP contribution in [0.5, 0.6) is 0 Å². The van der Waals surface area contributed by atoms with Gasteiger partial charge in [-0.15, -0.1) is 0 Å². The monoisotopic (exact) mass is 255 g/mol. The van der Waals surface area contributed by atoms with Crippen LogP contribution in [0, 0.1) is 0 Å². The van der Waals surface area contributed by atoms with Gasteiger partial charge in [-0.1, -0.05) is 6.07 Å². The molecule has 1 aromatic heterocycles. The number of halogens is 1. The lowest BCUT2D eigenvalue weighted by Crippen LogP contribution is -2.29. The third kappa shape index (κ3) is 1.60. The number of pyridine rings is 1. The van der Waals surface area contributed by atoms with Gasteiger partial charge in [0, 0.05) is 6.61 Å². The van der Waals surface area contributed by atoms with Crippen molar-refractivity contribution in [3.05, 3.63) is 28.5 Å². The molecule has 1 saturated heterocycles. The number of carbonyl (C=O) groups excluding carboxylic acids is 1. The number of aldehydes is 1. The molecule has 1 unspecified atom stereocenters. The topological polar surface area (TPSA) is 39.2 Å². The minimum absolute atomic E-state index is 0.444. The van der Waals surface area contributed by atoms with Gasteiger partial charge in [-0.05, 0) is 34.5 Å². The van der Waals surface area contributed by atoms with Crippen LogP contribution in [0.3, 0.4) is 0 Å². The van der Waals surface area contributed by atoms with Crippen molar-refractivity contribution in [3.8, 4) is 0 Å². The number of ether oxygens (including phenoxy) is 1. The maximum absolute atomic E-state index is 11.1. The van der Waals surface area contributed by atoms with Gasteiger partial charge in [-0.2, -0.15) is 0 Å². The summed E-state index contributed by atoms with van der Waals surface area (Å²) in [5.74, 6) is 0. The molecule has 4 heteroatoms. The van der Waals surface area contributed by atoms with Gasteiger partial charge in [0.05, 0.1) is 17.7 Å². The van der Waals surface area contributed by atoms with Crippen LogP contribution in [-0.2, 0) is 14.9 Å². The van der Waals surface area contributed by atoms with Crippen LogP contribution in [0.1, 0.15) is 12.1 Å². The predicted molar refractivity (Wildman–Crippen MR) is 55.1 cm³/mol. The first-order valence-corrected chi connectivity index (χ1v) is 5.23. The zero-order valence-electron chi connectivity index (χ0n) is 7.57. The van der Waals surface area contributed by atoms with Gasteiger partial charge in [0.15, 0.2) is 0 Å². The van der Waals surface area contributed by atoms with E-state index in [4.69, 9.17) is 4.74 Å². The number of nitrogens with zero attached hydrogens (tertiary/aromatic N) is 1. The van der Waals surface area contributed by atoms with Crippen molar-refractivity contribution in [2.24, 2.45) is 0 Å². The number of carbonyl (C=O) groups is 1. The van der Waals surface area contributed by atoms with E-state index in [1.165, 1.54) is 0 Å². The van der Waals surface area contributed by atoms with Gasteiger partial charge < -0.3 is 9.53 Å². The summed E-state index contributed by atoms with van der Waals surface area (Å²) in [6, 6.07) is 5.60. The molecule has 14 heavy (non-hydrogen) atoms. The molecule has 0 saturated carbocycles. The standard InChI is InChI=1S/C10H10BrNO2/c11-9-3-1-2-8(12-9)10(6-13)4-5-14-7-10/h1-3,6H,4-5,7H2. The lowest BCUT2D eigenvalue weighted by Gasteiger charge is -2.18. The Hall–Kier alpha value is -0.740. The molecular formula is C10H10BrNO2. The summed E-state index contributed by atoms with van der Waals surface area (Å²) in [5, 5.41) is 0. The molecule has 1 fully saturated rings. The summed E-state index contributed by atoms with van der Waals surface area (Å²) in [5.41, 5.74) is 0.267. The Labute approximate surface area is 90.6 Å². The van der Waals surface area contributed by atoms with Crippen molar-refractivity contribution >= 4 is 22.2 Å². The van der Waals surface area contributed by atoms with E-state index in [2.05, 4.69) is 20.9 Å². The van der Waals surface area contributed by atoms with Gasteiger partial charge in [0.1, 0.15) is 10.9 Å². The summed E-state index contributed by atoms with van der Waals surface area (Å²) in [7, 11) is 0. The molecular weight excluding hydrogens is 246 g/mol. The lowest BCUT2D eigenvalue weighted by molar-refractivity contribution is -0.112. The second-order valence-corrected chi connectivity index (χ2v) is 4.23. The molecule has 0 radical (unpaired) electrons. The molecule has 2 heterocycles. The molecule has 0 spiro atoms. The summed E-state index contributed by atoms with van der Waals surface area (Å²) in [6.45, 7) is 1.08. The average molecular weight is 256 g/mol. The van der Waals surface area contributed by atoms with Crippen LogP contribution in [0.25, 0.3) is 0 Å². The third-order valence-electron chi connectivity index (χ3n) is 2.50. The minimum atomic E-state index is -0.524. The van der Waals surface area contributed by atoms with Crippen molar-refractivity contribution in [1.29, 1.82) is 0 Å². The van der Waals surface area contributed by atoms with Crippen molar-refractivity contribution in [1.82, 2.24) is 4.98 Å². The Morgan fingerprint density at radius 2 is 2.43 bits per heavy atom. The molecule has 74 valence electrons. The first-order valence-electron chi connectivity index (χ1n) is 4.44. The van der Waals surface area contributed by atoms with E-state index in [1.807, 2.05) is 18.2 Å². The highest BCUT2D eigenvalue weighted by molar-refractivity contribution is 9.10. The second kappa shape index (κ2) is 3.79. The first kappa shape index (κ1) is 9.80. The molecule has 0 N–H and O–H groups in total. The van der Waals surface area contributed by atoms with Crippen LogP contribution in [0.2, 0.25) is 0 Å². The van der Waals surface area contributed by atoms with Crippen LogP contribution in [0.15, 0.2) is 22.8 Å². The van der Waals surface area contributed by atoms with Crippen LogP contribution in [0.4, 0.5) is 0 Å². The number of aromatic nitrogens is 1.